The predicted octanol–water partition coefficient (Wildman–Crippen LogP) is 2.07. The van der Waals surface area contributed by atoms with Crippen LogP contribution in [0.1, 0.15) is 22.0 Å². The van der Waals surface area contributed by atoms with Crippen LogP contribution in [0.4, 0.5) is 4.39 Å². The van der Waals surface area contributed by atoms with Crippen LogP contribution in [-0.4, -0.2) is 21.6 Å². The Balaban J connectivity index is 1.76. The average molecular weight is 338 g/mol. The monoisotopic (exact) mass is 338 g/mol. The molecule has 2 N–H and O–H groups in total. The number of benzene rings is 2. The molecule has 0 aliphatic heterocycles. The van der Waals surface area contributed by atoms with E-state index in [1.807, 2.05) is 6.07 Å². The number of aromatic nitrogens is 2. The second-order valence-corrected chi connectivity index (χ2v) is 5.22. The molecular formula is C18H15FN4O2. The maximum absolute atomic E-state index is 13.6. The molecular weight excluding hydrogens is 323 g/mol. The molecule has 1 heterocycles. The highest BCUT2D eigenvalue weighted by atomic mass is 19.1. The van der Waals surface area contributed by atoms with Crippen molar-refractivity contribution < 1.29 is 14.0 Å². The van der Waals surface area contributed by atoms with Crippen molar-refractivity contribution >= 4 is 11.8 Å². The molecule has 0 bridgehead atoms. The highest BCUT2D eigenvalue weighted by molar-refractivity contribution is 5.96. The minimum Gasteiger partial charge on any atom is -0.270 e. The van der Waals surface area contributed by atoms with Gasteiger partial charge in [0.2, 0.25) is 0 Å². The molecule has 2 aromatic carbocycles. The van der Waals surface area contributed by atoms with Crippen molar-refractivity contribution in [2.75, 3.05) is 0 Å². The third-order valence-corrected chi connectivity index (χ3v) is 3.57. The zero-order valence-electron chi connectivity index (χ0n) is 13.1. The summed E-state index contributed by atoms with van der Waals surface area (Å²) in [6.07, 6.45) is 3.21. The molecule has 2 amide bonds. The standard InChI is InChI=1S/C18H15FN4O2/c19-15-10-5-4-9-14(15)17(24)21-22-18(25)16(23-12-6-11-20-23)13-7-2-1-3-8-13/h1-12,16H,(H,21,24)(H,22,25)/t16-/m0/s1. The van der Waals surface area contributed by atoms with Crippen molar-refractivity contribution in [1.82, 2.24) is 20.6 Å². The molecule has 0 aliphatic rings. The lowest BCUT2D eigenvalue weighted by molar-refractivity contribution is -0.124. The van der Waals surface area contributed by atoms with Gasteiger partial charge in [-0.25, -0.2) is 4.39 Å². The van der Waals surface area contributed by atoms with Crippen LogP contribution < -0.4 is 10.9 Å². The summed E-state index contributed by atoms with van der Waals surface area (Å²) in [5, 5.41) is 4.10. The topological polar surface area (TPSA) is 76.0 Å². The molecule has 6 nitrogen and oxygen atoms in total. The van der Waals surface area contributed by atoms with Crippen molar-refractivity contribution in [2.45, 2.75) is 6.04 Å². The van der Waals surface area contributed by atoms with Gasteiger partial charge >= 0.3 is 0 Å². The number of nitrogens with one attached hydrogen (secondary N) is 2. The molecule has 0 saturated carbocycles. The van der Waals surface area contributed by atoms with E-state index >= 15 is 0 Å². The van der Waals surface area contributed by atoms with Gasteiger partial charge in [0.25, 0.3) is 11.8 Å². The Morgan fingerprint density at radius 3 is 2.36 bits per heavy atom. The Kier molecular flexibility index (Phi) is 4.84. The number of halogens is 1. The molecule has 0 fully saturated rings. The summed E-state index contributed by atoms with van der Waals surface area (Å²) in [4.78, 5) is 24.6. The number of hydrogen-bond donors (Lipinski definition) is 2. The minimum atomic E-state index is -0.767. The van der Waals surface area contributed by atoms with Gasteiger partial charge in [0.1, 0.15) is 5.82 Å². The summed E-state index contributed by atoms with van der Waals surface area (Å²) in [7, 11) is 0. The summed E-state index contributed by atoms with van der Waals surface area (Å²) in [6.45, 7) is 0. The van der Waals surface area contributed by atoms with Gasteiger partial charge in [-0.05, 0) is 23.8 Å². The van der Waals surface area contributed by atoms with Gasteiger partial charge in [-0.2, -0.15) is 5.10 Å². The first kappa shape index (κ1) is 16.4. The second-order valence-electron chi connectivity index (χ2n) is 5.22. The van der Waals surface area contributed by atoms with E-state index in [4.69, 9.17) is 0 Å². The largest absolute Gasteiger partial charge is 0.272 e. The van der Waals surface area contributed by atoms with E-state index < -0.39 is 23.7 Å². The fourth-order valence-electron chi connectivity index (χ4n) is 2.39. The quantitative estimate of drug-likeness (QED) is 0.715. The van der Waals surface area contributed by atoms with Gasteiger partial charge < -0.3 is 0 Å². The van der Waals surface area contributed by atoms with Gasteiger partial charge in [-0.1, -0.05) is 42.5 Å². The number of hydrogen-bond acceptors (Lipinski definition) is 3. The van der Waals surface area contributed by atoms with Crippen LogP contribution in [0.25, 0.3) is 0 Å². The van der Waals surface area contributed by atoms with Crippen molar-refractivity contribution in [3.05, 3.63) is 90.0 Å². The molecule has 0 spiro atoms. The second kappa shape index (κ2) is 7.39. The third kappa shape index (κ3) is 3.72. The number of amides is 2. The lowest BCUT2D eigenvalue weighted by Gasteiger charge is -2.18. The minimum absolute atomic E-state index is 0.154. The van der Waals surface area contributed by atoms with E-state index in [1.54, 1.807) is 42.7 Å². The zero-order chi connectivity index (χ0) is 17.6. The van der Waals surface area contributed by atoms with Gasteiger partial charge in [0.05, 0.1) is 5.56 Å². The molecule has 25 heavy (non-hydrogen) atoms. The molecule has 0 unspecified atom stereocenters. The fraction of sp³-hybridized carbons (Fsp3) is 0.0556. The summed E-state index contributed by atoms with van der Waals surface area (Å²) in [5.74, 6) is -1.90. The van der Waals surface area contributed by atoms with E-state index in [1.165, 1.54) is 28.9 Å². The van der Waals surface area contributed by atoms with Crippen molar-refractivity contribution in [3.8, 4) is 0 Å². The number of nitrogens with zero attached hydrogens (tertiary/aromatic N) is 2. The first-order valence-corrected chi connectivity index (χ1v) is 7.55. The lowest BCUT2D eigenvalue weighted by Crippen LogP contribution is -2.45. The number of rotatable bonds is 4. The van der Waals surface area contributed by atoms with Crippen LogP contribution >= 0.6 is 0 Å². The Morgan fingerprint density at radius 1 is 0.960 bits per heavy atom. The Labute approximate surface area is 143 Å². The first-order chi connectivity index (χ1) is 12.2. The van der Waals surface area contributed by atoms with Crippen molar-refractivity contribution in [1.29, 1.82) is 0 Å². The highest BCUT2D eigenvalue weighted by Gasteiger charge is 2.23. The molecule has 1 aromatic heterocycles. The zero-order valence-corrected chi connectivity index (χ0v) is 13.1. The van der Waals surface area contributed by atoms with E-state index in [0.717, 1.165) is 0 Å². The number of hydrazine groups is 1. The average Bonchev–Trinajstić information content (AvgIpc) is 3.15. The Bertz CT molecular complexity index is 866. The normalized spacial score (nSPS) is 11.6. The van der Waals surface area contributed by atoms with E-state index in [0.29, 0.717) is 5.56 Å². The fourth-order valence-corrected chi connectivity index (χ4v) is 2.39. The smallest absolute Gasteiger partial charge is 0.270 e. The summed E-state index contributed by atoms with van der Waals surface area (Å²) in [6, 6.07) is 15.5. The number of carbonyl (C=O) groups is 2. The summed E-state index contributed by atoms with van der Waals surface area (Å²) >= 11 is 0. The van der Waals surface area contributed by atoms with E-state index in [9.17, 15) is 14.0 Å². The van der Waals surface area contributed by atoms with Crippen molar-refractivity contribution in [3.63, 3.8) is 0 Å². The molecule has 3 rings (SSSR count). The predicted molar refractivity (Wildman–Crippen MR) is 88.8 cm³/mol. The van der Waals surface area contributed by atoms with Crippen molar-refractivity contribution in [2.24, 2.45) is 0 Å². The van der Waals surface area contributed by atoms with E-state index in [2.05, 4.69) is 16.0 Å². The van der Waals surface area contributed by atoms with Crippen LogP contribution in [0.15, 0.2) is 73.1 Å². The summed E-state index contributed by atoms with van der Waals surface area (Å²) in [5.41, 5.74) is 5.10. The first-order valence-electron chi connectivity index (χ1n) is 7.55. The highest BCUT2D eigenvalue weighted by Crippen LogP contribution is 2.17. The molecule has 1 atom stereocenters. The molecule has 7 heteroatoms. The third-order valence-electron chi connectivity index (χ3n) is 3.57. The maximum atomic E-state index is 13.6. The van der Waals surface area contributed by atoms with Gasteiger partial charge in [0, 0.05) is 12.4 Å². The molecule has 0 saturated heterocycles. The van der Waals surface area contributed by atoms with Gasteiger partial charge in [-0.3, -0.25) is 25.1 Å². The van der Waals surface area contributed by atoms with Crippen LogP contribution in [0, 0.1) is 5.82 Å². The van der Waals surface area contributed by atoms with Crippen LogP contribution in [0.2, 0.25) is 0 Å². The van der Waals surface area contributed by atoms with E-state index in [-0.39, 0.29) is 5.56 Å². The van der Waals surface area contributed by atoms with Crippen LogP contribution in [0.3, 0.4) is 0 Å². The molecule has 126 valence electrons. The van der Waals surface area contributed by atoms with Gasteiger partial charge in [0.15, 0.2) is 6.04 Å². The Morgan fingerprint density at radius 2 is 1.68 bits per heavy atom. The number of carbonyl (C=O) groups excluding carboxylic acids is 2. The molecule has 0 aliphatic carbocycles. The SMILES string of the molecule is O=C(NNC(=O)[C@H](c1ccccc1)n1cccn1)c1ccccc1F. The maximum Gasteiger partial charge on any atom is 0.272 e. The molecule has 3 aromatic rings. The molecule has 0 radical (unpaired) electrons. The lowest BCUT2D eigenvalue weighted by atomic mass is 10.1. The van der Waals surface area contributed by atoms with Gasteiger partial charge in [-0.15, -0.1) is 0 Å². The van der Waals surface area contributed by atoms with Crippen LogP contribution in [0.5, 0.6) is 0 Å². The Hall–Kier alpha value is -3.48. The van der Waals surface area contributed by atoms with Crippen LogP contribution in [-0.2, 0) is 4.79 Å². The summed E-state index contributed by atoms with van der Waals surface area (Å²) < 4.78 is 15.1.